The molecule has 1 saturated carbocycles. The van der Waals surface area contributed by atoms with Crippen molar-refractivity contribution < 1.29 is 51.0 Å². The second-order valence-corrected chi connectivity index (χ2v) is 13.8. The number of alkyl halides is 2. The van der Waals surface area contributed by atoms with Gasteiger partial charge in [-0.3, -0.25) is 24.1 Å². The van der Waals surface area contributed by atoms with Crippen molar-refractivity contribution >= 4 is 69.8 Å². The third-order valence-electron chi connectivity index (χ3n) is 9.85. The maximum atomic E-state index is 15.2. The molecule has 7 rings (SSSR count). The van der Waals surface area contributed by atoms with Crippen molar-refractivity contribution in [2.24, 2.45) is 17.8 Å². The number of hydrogen-bond donors (Lipinski definition) is 1. The summed E-state index contributed by atoms with van der Waals surface area (Å²) < 4.78 is 78.5. The first kappa shape index (κ1) is 33.3. The number of phenolic OH excluding ortho intramolecular Hbond substituents is 1. The van der Waals surface area contributed by atoms with Crippen molar-refractivity contribution in [3.05, 3.63) is 93.8 Å². The van der Waals surface area contributed by atoms with Gasteiger partial charge in [0.1, 0.15) is 17.2 Å². The van der Waals surface area contributed by atoms with E-state index in [4.69, 9.17) is 39.5 Å². The Labute approximate surface area is 288 Å². The quantitative estimate of drug-likeness (QED) is 0.0817. The van der Waals surface area contributed by atoms with Gasteiger partial charge < -0.3 is 9.84 Å². The lowest BCUT2D eigenvalue weighted by Crippen LogP contribution is -2.60. The normalized spacial score (nSPS) is 29.2. The molecule has 0 radical (unpaired) electrons. The molecule has 0 bridgehead atoms. The summed E-state index contributed by atoms with van der Waals surface area (Å²) in [5, 5.41) is 11.5. The molecule has 8 nitrogen and oxygen atoms in total. The molecule has 2 saturated heterocycles. The summed E-state index contributed by atoms with van der Waals surface area (Å²) in [7, 11) is 1.29. The van der Waals surface area contributed by atoms with Crippen LogP contribution in [0.15, 0.2) is 54.1 Å². The highest BCUT2D eigenvalue weighted by atomic mass is 35.5. The molecule has 1 N–H and O–H groups in total. The number of imide groups is 2. The van der Waals surface area contributed by atoms with Crippen LogP contribution >= 0.6 is 34.8 Å². The lowest BCUT2D eigenvalue weighted by molar-refractivity contribution is -0.125. The largest absolute Gasteiger partial charge is 0.508 e. The number of fused-ring (bicyclic) bond motifs is 4. The molecule has 254 valence electrons. The topological polar surface area (TPSA) is 104 Å². The molecule has 6 atom stereocenters. The number of halogens is 8. The molecule has 16 heteroatoms. The number of benzene rings is 3. The number of aromatic hydroxyl groups is 1. The van der Waals surface area contributed by atoms with E-state index >= 15 is 8.78 Å². The molecule has 3 aromatic carbocycles. The third-order valence-corrected chi connectivity index (χ3v) is 11.5. The number of anilines is 2. The molecule has 0 aromatic heterocycles. The smallest absolute Gasteiger partial charge is 0.258 e. The van der Waals surface area contributed by atoms with E-state index in [0.29, 0.717) is 5.02 Å². The van der Waals surface area contributed by atoms with E-state index < -0.39 is 104 Å². The Morgan fingerprint density at radius 2 is 1.43 bits per heavy atom. The summed E-state index contributed by atoms with van der Waals surface area (Å²) in [4.78, 5) is 51.6. The van der Waals surface area contributed by atoms with Gasteiger partial charge in [-0.15, -0.1) is 23.2 Å². The maximum Gasteiger partial charge on any atom is 0.258 e. The second-order valence-electron chi connectivity index (χ2n) is 12.1. The molecule has 3 aromatic rings. The Bertz CT molecular complexity index is 2040. The van der Waals surface area contributed by atoms with Gasteiger partial charge >= 0.3 is 0 Å². The predicted molar refractivity (Wildman–Crippen MR) is 165 cm³/mol. The Kier molecular flexibility index (Phi) is 7.58. The van der Waals surface area contributed by atoms with Crippen molar-refractivity contribution in [1.82, 2.24) is 0 Å². The lowest BCUT2D eigenvalue weighted by atomic mass is 9.56. The van der Waals surface area contributed by atoms with E-state index in [9.17, 15) is 37.5 Å². The number of amides is 4. The first-order valence-corrected chi connectivity index (χ1v) is 15.7. The second kappa shape index (κ2) is 11.2. The van der Waals surface area contributed by atoms with Crippen LogP contribution in [0.4, 0.5) is 33.3 Å². The van der Waals surface area contributed by atoms with Crippen LogP contribution < -0.4 is 14.5 Å². The van der Waals surface area contributed by atoms with Gasteiger partial charge in [0.2, 0.25) is 17.6 Å². The molecular weight excluding hydrogens is 722 g/mol. The summed E-state index contributed by atoms with van der Waals surface area (Å²) in [6.45, 7) is 0. The van der Waals surface area contributed by atoms with Gasteiger partial charge in [0.05, 0.1) is 24.6 Å². The fraction of sp³-hybridized carbons (Fsp3) is 0.273. The van der Waals surface area contributed by atoms with Gasteiger partial charge in [0.25, 0.3) is 11.8 Å². The number of hydrogen-bond acceptors (Lipinski definition) is 6. The minimum Gasteiger partial charge on any atom is -0.508 e. The molecule has 4 amide bonds. The van der Waals surface area contributed by atoms with Crippen molar-refractivity contribution in [3.8, 4) is 11.5 Å². The van der Waals surface area contributed by atoms with Crippen LogP contribution in [0.3, 0.4) is 0 Å². The van der Waals surface area contributed by atoms with Crippen LogP contribution in [0.1, 0.15) is 24.3 Å². The van der Waals surface area contributed by atoms with E-state index in [2.05, 4.69) is 0 Å². The number of ether oxygens (including phenoxy) is 1. The molecule has 2 heterocycles. The number of carbonyl (C=O) groups is 4. The van der Waals surface area contributed by atoms with Crippen LogP contribution in [0.25, 0.3) is 0 Å². The van der Waals surface area contributed by atoms with Crippen LogP contribution in [0, 0.1) is 46.8 Å². The van der Waals surface area contributed by atoms with Gasteiger partial charge in [-0.05, 0) is 61.2 Å². The first-order valence-electron chi connectivity index (χ1n) is 14.6. The summed E-state index contributed by atoms with van der Waals surface area (Å²) in [6, 6.07) is 9.64. The van der Waals surface area contributed by atoms with Crippen molar-refractivity contribution in [2.45, 2.75) is 28.5 Å². The Morgan fingerprint density at radius 1 is 0.816 bits per heavy atom. The monoisotopic (exact) mass is 740 g/mol. The van der Waals surface area contributed by atoms with E-state index in [1.54, 1.807) is 0 Å². The lowest BCUT2D eigenvalue weighted by Gasteiger charge is -2.50. The van der Waals surface area contributed by atoms with Gasteiger partial charge in [0.15, 0.2) is 33.0 Å². The summed E-state index contributed by atoms with van der Waals surface area (Å²) in [5.74, 6) is -22.3. The fourth-order valence-corrected chi connectivity index (χ4v) is 8.70. The standard InChI is InChI=1S/C33H20Cl3F5N2O6/c1-49-14-6-9-19(44)17(10-14)21-15-7-8-16-20(29(46)42(28(16)45)13-4-2-12(34)3-5-13)18(15)11-32(35)30(47)43(31(48)33(21,32)36)27-25(40)23(38)22(37)24(39)26(27)41/h2-7,9-10,16,18,20-21,44H,8,11H2,1H3/t16-,18+,20-,21+,32+,33-/m0/s1. The molecule has 2 aliphatic carbocycles. The van der Waals surface area contributed by atoms with Gasteiger partial charge in [-0.1, -0.05) is 23.3 Å². The molecule has 4 aliphatic rings. The molecule has 49 heavy (non-hydrogen) atoms. The van der Waals surface area contributed by atoms with E-state index in [-0.39, 0.29) is 33.9 Å². The van der Waals surface area contributed by atoms with Crippen molar-refractivity contribution in [1.29, 1.82) is 0 Å². The molecular formula is C33H20Cl3F5N2O6. The van der Waals surface area contributed by atoms with E-state index in [0.717, 1.165) is 4.90 Å². The van der Waals surface area contributed by atoms with Crippen LogP contribution in [0.5, 0.6) is 11.5 Å². The minimum absolute atomic E-state index is 0.0713. The third kappa shape index (κ3) is 4.27. The van der Waals surface area contributed by atoms with Crippen molar-refractivity contribution in [2.75, 3.05) is 16.9 Å². The maximum absolute atomic E-state index is 15.2. The molecule has 0 spiro atoms. The summed E-state index contributed by atoms with van der Waals surface area (Å²) in [5.41, 5.74) is -1.69. The highest BCUT2D eigenvalue weighted by Crippen LogP contribution is 2.67. The highest BCUT2D eigenvalue weighted by Gasteiger charge is 2.77. The molecule has 2 aliphatic heterocycles. The minimum atomic E-state index is -2.79. The van der Waals surface area contributed by atoms with Gasteiger partial charge in [-0.2, -0.15) is 0 Å². The number of allylic oxidation sites excluding steroid dienone is 2. The zero-order valence-electron chi connectivity index (χ0n) is 24.7. The fourth-order valence-electron chi connectivity index (χ4n) is 7.65. The average molecular weight is 742 g/mol. The number of rotatable bonds is 4. The Morgan fingerprint density at radius 3 is 2.04 bits per heavy atom. The van der Waals surface area contributed by atoms with Gasteiger partial charge in [0, 0.05) is 16.5 Å². The van der Waals surface area contributed by atoms with Crippen molar-refractivity contribution in [3.63, 3.8) is 0 Å². The highest BCUT2D eigenvalue weighted by molar-refractivity contribution is 6.58. The molecule has 0 unspecified atom stereocenters. The summed E-state index contributed by atoms with van der Waals surface area (Å²) in [6.07, 6.45) is 0.764. The Hall–Kier alpha value is -4.20. The Balaban J connectivity index is 1.45. The predicted octanol–water partition coefficient (Wildman–Crippen LogP) is 6.52. The van der Waals surface area contributed by atoms with Gasteiger partial charge in [-0.25, -0.2) is 26.9 Å². The van der Waals surface area contributed by atoms with Crippen LogP contribution in [-0.2, 0) is 19.2 Å². The molecule has 3 fully saturated rings. The number of methoxy groups -OCH3 is 1. The van der Waals surface area contributed by atoms with E-state index in [1.165, 1.54) is 55.7 Å². The zero-order chi connectivity index (χ0) is 35.5. The number of phenols is 1. The SMILES string of the molecule is COc1ccc(O)c([C@H]2C3=CC[C@@H]4C(=O)N(c5ccc(Cl)cc5)C(=O)[C@@H]4[C@@H]3C[C@@]3(Cl)C(=O)N(c4c(F)c(F)c(F)c(F)c4F)C(=O)[C@@]23Cl)c1. The first-order chi connectivity index (χ1) is 23.1. The van der Waals surface area contributed by atoms with Crippen LogP contribution in [-0.4, -0.2) is 45.6 Å². The number of nitrogens with zero attached hydrogens (tertiary/aromatic N) is 2. The summed E-state index contributed by atoms with van der Waals surface area (Å²) >= 11 is 20.2. The average Bonchev–Trinajstić information content (AvgIpc) is 3.42. The zero-order valence-corrected chi connectivity index (χ0v) is 27.0. The van der Waals surface area contributed by atoms with E-state index in [1.807, 2.05) is 0 Å². The number of carbonyl (C=O) groups excluding carboxylic acids is 4. The van der Waals surface area contributed by atoms with Crippen LogP contribution in [0.2, 0.25) is 5.02 Å².